The Morgan fingerprint density at radius 3 is 2.64 bits per heavy atom. The van der Waals surface area contributed by atoms with Crippen molar-refractivity contribution >= 4 is 28.8 Å². The molecule has 0 bridgehead atoms. The molecule has 3 N–H and O–H groups in total. The zero-order valence-electron chi connectivity index (χ0n) is 16.1. The van der Waals surface area contributed by atoms with Crippen LogP contribution in [0.25, 0.3) is 0 Å². The average molecular weight is 398 g/mol. The van der Waals surface area contributed by atoms with Crippen molar-refractivity contribution in [3.8, 4) is 0 Å². The smallest absolute Gasteiger partial charge is 0.227 e. The number of thiophene rings is 1. The molecule has 3 unspecified atom stereocenters. The Kier molecular flexibility index (Phi) is 5.51. The molecular weight excluding hydrogens is 370 g/mol. The van der Waals surface area contributed by atoms with Crippen LogP contribution in [0.5, 0.6) is 0 Å². The average Bonchev–Trinajstić information content (AvgIpc) is 3.41. The molecule has 1 saturated carbocycles. The minimum absolute atomic E-state index is 0.000823. The van der Waals surface area contributed by atoms with Crippen LogP contribution in [0.1, 0.15) is 42.2 Å². The number of hydrogen-bond acceptors (Lipinski definition) is 4. The lowest BCUT2D eigenvalue weighted by Crippen LogP contribution is -2.49. The van der Waals surface area contributed by atoms with Crippen LogP contribution >= 0.6 is 11.3 Å². The predicted octanol–water partition coefficient (Wildman–Crippen LogP) is 3.39. The number of carbonyl (C=O) groups excluding carboxylic acids is 2. The minimum Gasteiger partial charge on any atom is -0.354 e. The van der Waals surface area contributed by atoms with Gasteiger partial charge in [-0.3, -0.25) is 9.59 Å². The molecule has 2 heterocycles. The molecule has 5 nitrogen and oxygen atoms in total. The van der Waals surface area contributed by atoms with Gasteiger partial charge in [0.1, 0.15) is 0 Å². The molecule has 3 atom stereocenters. The second kappa shape index (κ2) is 8.05. The lowest BCUT2D eigenvalue weighted by atomic mass is 9.86. The fourth-order valence-corrected chi connectivity index (χ4v) is 4.88. The van der Waals surface area contributed by atoms with Crippen molar-refractivity contribution < 1.29 is 9.59 Å². The van der Waals surface area contributed by atoms with Crippen LogP contribution < -0.4 is 16.0 Å². The Hall–Kier alpha value is -2.18. The molecule has 2 aromatic rings. The minimum atomic E-state index is -0.277. The third kappa shape index (κ3) is 3.98. The maximum atomic E-state index is 13.1. The molecule has 1 aliphatic heterocycles. The molecule has 28 heavy (non-hydrogen) atoms. The zero-order valence-corrected chi connectivity index (χ0v) is 17.0. The number of benzene rings is 1. The summed E-state index contributed by atoms with van der Waals surface area (Å²) in [6.07, 6.45) is 3.26. The van der Waals surface area contributed by atoms with Crippen LogP contribution in [-0.2, 0) is 9.59 Å². The van der Waals surface area contributed by atoms with Crippen LogP contribution in [0.4, 0.5) is 5.69 Å². The first-order chi connectivity index (χ1) is 13.5. The van der Waals surface area contributed by atoms with Gasteiger partial charge in [0.25, 0.3) is 0 Å². The van der Waals surface area contributed by atoms with Gasteiger partial charge in [-0.05, 0) is 55.7 Å². The SMILES string of the molecule is Cc1ccc(N2C(=O)CCC(C(=O)NCC(N)C3CC3)C2c2cccs2)cc1. The van der Waals surface area contributed by atoms with Crippen LogP contribution in [0.2, 0.25) is 0 Å². The number of carbonyl (C=O) groups is 2. The van der Waals surface area contributed by atoms with Crippen LogP contribution in [0.3, 0.4) is 0 Å². The maximum Gasteiger partial charge on any atom is 0.227 e. The summed E-state index contributed by atoms with van der Waals surface area (Å²) in [7, 11) is 0. The molecule has 1 aromatic carbocycles. The van der Waals surface area contributed by atoms with Crippen LogP contribution in [0.15, 0.2) is 41.8 Å². The highest BCUT2D eigenvalue weighted by Crippen LogP contribution is 2.41. The third-order valence-corrected chi connectivity index (χ3v) is 6.76. The summed E-state index contributed by atoms with van der Waals surface area (Å²) in [6, 6.07) is 11.7. The van der Waals surface area contributed by atoms with Crippen LogP contribution in [-0.4, -0.2) is 24.4 Å². The summed E-state index contributed by atoms with van der Waals surface area (Å²) in [5.74, 6) is 0.342. The van der Waals surface area contributed by atoms with Gasteiger partial charge in [-0.2, -0.15) is 0 Å². The number of hydrogen-bond donors (Lipinski definition) is 2. The van der Waals surface area contributed by atoms with Gasteiger partial charge in [-0.25, -0.2) is 0 Å². The molecule has 0 spiro atoms. The first-order valence-corrected chi connectivity index (χ1v) is 10.9. The van der Waals surface area contributed by atoms with E-state index in [0.29, 0.717) is 25.3 Å². The van der Waals surface area contributed by atoms with E-state index in [9.17, 15) is 9.59 Å². The summed E-state index contributed by atoms with van der Waals surface area (Å²) in [4.78, 5) is 28.8. The lowest BCUT2D eigenvalue weighted by molar-refractivity contribution is -0.129. The van der Waals surface area contributed by atoms with E-state index in [1.54, 1.807) is 11.3 Å². The van der Waals surface area contributed by atoms with Gasteiger partial charge in [0.2, 0.25) is 11.8 Å². The number of rotatable bonds is 6. The quantitative estimate of drug-likeness (QED) is 0.784. The number of anilines is 1. The van der Waals surface area contributed by atoms with Crippen molar-refractivity contribution in [2.75, 3.05) is 11.4 Å². The van der Waals surface area contributed by atoms with Crippen molar-refractivity contribution in [2.45, 2.75) is 44.7 Å². The van der Waals surface area contributed by atoms with E-state index in [2.05, 4.69) is 5.32 Å². The molecule has 0 radical (unpaired) electrons. The van der Waals surface area contributed by atoms with E-state index < -0.39 is 0 Å². The highest BCUT2D eigenvalue weighted by Gasteiger charge is 2.42. The largest absolute Gasteiger partial charge is 0.354 e. The second-order valence-corrected chi connectivity index (χ2v) is 8.93. The Morgan fingerprint density at radius 2 is 2.00 bits per heavy atom. The van der Waals surface area contributed by atoms with Gasteiger partial charge >= 0.3 is 0 Å². The number of nitrogens with zero attached hydrogens (tertiary/aromatic N) is 1. The standard InChI is InChI=1S/C22H27N3O2S/c1-14-4-8-16(9-5-14)25-20(26)11-10-17(21(25)19-3-2-12-28-19)22(27)24-13-18(23)15-6-7-15/h2-5,8-9,12,15,17-18,21H,6-7,10-11,13,23H2,1H3,(H,24,27). The number of nitrogens with two attached hydrogens (primary N) is 1. The number of nitrogens with one attached hydrogen (secondary N) is 1. The topological polar surface area (TPSA) is 75.4 Å². The molecule has 1 aliphatic carbocycles. The normalized spacial score (nSPS) is 23.5. The number of amides is 2. The van der Waals surface area contributed by atoms with Crippen LogP contribution in [0, 0.1) is 18.8 Å². The van der Waals surface area contributed by atoms with E-state index in [4.69, 9.17) is 5.73 Å². The summed E-state index contributed by atoms with van der Waals surface area (Å²) in [5.41, 5.74) is 8.15. The van der Waals surface area contributed by atoms with Gasteiger partial charge in [-0.15, -0.1) is 11.3 Å². The fraction of sp³-hybridized carbons (Fsp3) is 0.455. The Balaban J connectivity index is 1.60. The summed E-state index contributed by atoms with van der Waals surface area (Å²) < 4.78 is 0. The third-order valence-electron chi connectivity index (χ3n) is 5.82. The molecular formula is C22H27N3O2S. The molecule has 1 aromatic heterocycles. The van der Waals surface area contributed by atoms with Gasteiger partial charge in [0.15, 0.2) is 0 Å². The van der Waals surface area contributed by atoms with E-state index in [-0.39, 0.29) is 29.8 Å². The molecule has 2 aliphatic rings. The predicted molar refractivity (Wildman–Crippen MR) is 112 cm³/mol. The van der Waals surface area contributed by atoms with Crippen molar-refractivity contribution in [3.05, 3.63) is 52.2 Å². The van der Waals surface area contributed by atoms with Crippen molar-refractivity contribution in [2.24, 2.45) is 17.6 Å². The summed E-state index contributed by atoms with van der Waals surface area (Å²) in [5, 5.41) is 5.06. The summed E-state index contributed by atoms with van der Waals surface area (Å²) in [6.45, 7) is 2.54. The molecule has 4 rings (SSSR count). The van der Waals surface area contributed by atoms with Gasteiger partial charge < -0.3 is 16.0 Å². The first-order valence-electron chi connectivity index (χ1n) is 10.00. The van der Waals surface area contributed by atoms with Crippen molar-refractivity contribution in [1.82, 2.24) is 5.32 Å². The van der Waals surface area contributed by atoms with Crippen molar-refractivity contribution in [1.29, 1.82) is 0 Å². The summed E-state index contributed by atoms with van der Waals surface area (Å²) >= 11 is 1.59. The fourth-order valence-electron chi connectivity index (χ4n) is 4.00. The Bertz CT molecular complexity index is 830. The van der Waals surface area contributed by atoms with Gasteiger partial charge in [0, 0.05) is 29.6 Å². The highest BCUT2D eigenvalue weighted by molar-refractivity contribution is 7.10. The first kappa shape index (κ1) is 19.2. The molecule has 1 saturated heterocycles. The molecule has 2 amide bonds. The molecule has 148 valence electrons. The monoisotopic (exact) mass is 397 g/mol. The molecule has 6 heteroatoms. The van der Waals surface area contributed by atoms with Crippen molar-refractivity contribution in [3.63, 3.8) is 0 Å². The van der Waals surface area contributed by atoms with E-state index in [1.807, 2.05) is 53.6 Å². The van der Waals surface area contributed by atoms with E-state index in [0.717, 1.165) is 29.0 Å². The van der Waals surface area contributed by atoms with Gasteiger partial charge in [-0.1, -0.05) is 23.8 Å². The second-order valence-electron chi connectivity index (χ2n) is 7.95. The Morgan fingerprint density at radius 1 is 1.25 bits per heavy atom. The zero-order chi connectivity index (χ0) is 19.7. The lowest BCUT2D eigenvalue weighted by Gasteiger charge is -2.40. The Labute approximate surface area is 169 Å². The van der Waals surface area contributed by atoms with E-state index in [1.165, 1.54) is 0 Å². The van der Waals surface area contributed by atoms with Gasteiger partial charge in [0.05, 0.1) is 12.0 Å². The number of piperidine rings is 1. The number of aryl methyl sites for hydroxylation is 1. The van der Waals surface area contributed by atoms with E-state index >= 15 is 0 Å². The highest BCUT2D eigenvalue weighted by atomic mass is 32.1. The molecule has 2 fully saturated rings. The maximum absolute atomic E-state index is 13.1.